The molecule has 6 nitrogen and oxygen atoms in total. The second kappa shape index (κ2) is 6.85. The van der Waals surface area contributed by atoms with Crippen molar-refractivity contribution in [2.75, 3.05) is 0 Å². The van der Waals surface area contributed by atoms with Crippen molar-refractivity contribution in [3.8, 4) is 6.07 Å². The largest absolute Gasteiger partial charge is 0.393 e. The summed E-state index contributed by atoms with van der Waals surface area (Å²) in [6.45, 7) is 0. The molecule has 1 aliphatic rings. The smallest absolute Gasteiger partial charge is 0.268 e. The number of nitrogens with zero attached hydrogens (tertiary/aromatic N) is 3. The first kappa shape index (κ1) is 16.2. The number of carbonyl (C=O) groups is 1. The maximum atomic E-state index is 12.6. The third-order valence-corrected chi connectivity index (χ3v) is 4.56. The molecule has 1 unspecified atom stereocenters. The van der Waals surface area contributed by atoms with Crippen molar-refractivity contribution in [1.82, 2.24) is 14.9 Å². The van der Waals surface area contributed by atoms with Crippen LogP contribution in [0.3, 0.4) is 0 Å². The van der Waals surface area contributed by atoms with Crippen LogP contribution in [0, 0.1) is 17.2 Å². The number of nitrogens with one attached hydrogen (secondary N) is 1. The maximum Gasteiger partial charge on any atom is 0.268 e. The van der Waals surface area contributed by atoms with E-state index in [0.717, 1.165) is 5.69 Å². The van der Waals surface area contributed by atoms with E-state index < -0.39 is 0 Å². The van der Waals surface area contributed by atoms with Crippen molar-refractivity contribution in [2.24, 2.45) is 13.0 Å². The summed E-state index contributed by atoms with van der Waals surface area (Å²) >= 11 is 0. The number of hydrogen-bond acceptors (Lipinski definition) is 4. The van der Waals surface area contributed by atoms with E-state index in [0.29, 0.717) is 30.5 Å². The Balaban J connectivity index is 1.74. The highest BCUT2D eigenvalue weighted by atomic mass is 16.3. The Hall–Kier alpha value is -2.65. The van der Waals surface area contributed by atoms with Gasteiger partial charge in [0, 0.05) is 37.6 Å². The van der Waals surface area contributed by atoms with Gasteiger partial charge < -0.3 is 15.0 Å². The lowest BCUT2D eigenvalue weighted by molar-refractivity contribution is 0.0237. The first-order valence-corrected chi connectivity index (χ1v) is 8.02. The van der Waals surface area contributed by atoms with Crippen LogP contribution in [0.4, 0.5) is 0 Å². The molecule has 24 heavy (non-hydrogen) atoms. The second-order valence-electron chi connectivity index (χ2n) is 6.33. The summed E-state index contributed by atoms with van der Waals surface area (Å²) in [6.07, 6.45) is 5.09. The molecule has 0 bridgehead atoms. The van der Waals surface area contributed by atoms with Gasteiger partial charge in [-0.15, -0.1) is 0 Å². The van der Waals surface area contributed by atoms with E-state index in [1.165, 1.54) is 0 Å². The van der Waals surface area contributed by atoms with Gasteiger partial charge >= 0.3 is 0 Å². The number of aliphatic hydroxyl groups is 1. The maximum absolute atomic E-state index is 12.6. The second-order valence-corrected chi connectivity index (χ2v) is 6.33. The summed E-state index contributed by atoms with van der Waals surface area (Å²) in [5.74, 6) is 0.0305. The molecule has 1 aliphatic carbocycles. The quantitative estimate of drug-likeness (QED) is 0.870. The fraction of sp³-hybridized carbons (Fsp3) is 0.389. The fourth-order valence-electron chi connectivity index (χ4n) is 3.13. The number of hydrogen-bond donors (Lipinski definition) is 2. The zero-order valence-corrected chi connectivity index (χ0v) is 13.5. The van der Waals surface area contributed by atoms with Crippen LogP contribution in [0.1, 0.15) is 34.6 Å². The molecule has 0 saturated heterocycles. The van der Waals surface area contributed by atoms with Gasteiger partial charge in [-0.1, -0.05) is 6.07 Å². The van der Waals surface area contributed by atoms with Gasteiger partial charge in [0.25, 0.3) is 5.91 Å². The van der Waals surface area contributed by atoms with E-state index in [1.54, 1.807) is 30.1 Å². The topological polar surface area (TPSA) is 90.9 Å². The molecule has 2 aromatic heterocycles. The van der Waals surface area contributed by atoms with Gasteiger partial charge in [-0.05, 0) is 37.0 Å². The van der Waals surface area contributed by atoms with Crippen LogP contribution < -0.4 is 5.32 Å². The van der Waals surface area contributed by atoms with E-state index in [2.05, 4.69) is 10.3 Å². The van der Waals surface area contributed by atoms with E-state index in [4.69, 9.17) is 5.26 Å². The number of aryl methyl sites for hydroxylation is 1. The van der Waals surface area contributed by atoms with Crippen LogP contribution in [0.15, 0.2) is 36.7 Å². The van der Waals surface area contributed by atoms with Crippen LogP contribution in [0.5, 0.6) is 0 Å². The summed E-state index contributed by atoms with van der Waals surface area (Å²) < 4.78 is 1.65. The van der Waals surface area contributed by atoms with E-state index in [9.17, 15) is 9.90 Å². The predicted molar refractivity (Wildman–Crippen MR) is 88.1 cm³/mol. The summed E-state index contributed by atoms with van der Waals surface area (Å²) in [5, 5.41) is 21.6. The molecule has 2 N–H and O–H groups in total. The molecule has 124 valence electrons. The van der Waals surface area contributed by atoms with Gasteiger partial charge in [-0.3, -0.25) is 9.78 Å². The molecule has 3 rings (SSSR count). The van der Waals surface area contributed by atoms with E-state index >= 15 is 0 Å². The Morgan fingerprint density at radius 3 is 2.92 bits per heavy atom. The predicted octanol–water partition coefficient (Wildman–Crippen LogP) is 1.40. The van der Waals surface area contributed by atoms with Gasteiger partial charge in [0.15, 0.2) is 0 Å². The molecule has 0 aliphatic heterocycles. The van der Waals surface area contributed by atoms with Crippen LogP contribution in [-0.2, 0) is 13.5 Å². The molecule has 1 saturated carbocycles. The Kier molecular flexibility index (Phi) is 4.63. The van der Waals surface area contributed by atoms with Crippen molar-refractivity contribution in [2.45, 2.75) is 31.4 Å². The van der Waals surface area contributed by atoms with E-state index in [-0.39, 0.29) is 24.0 Å². The Morgan fingerprint density at radius 1 is 1.54 bits per heavy atom. The number of amides is 1. The lowest BCUT2D eigenvalue weighted by atomic mass is 9.76. The molecule has 1 fully saturated rings. The highest BCUT2D eigenvalue weighted by molar-refractivity contribution is 5.93. The van der Waals surface area contributed by atoms with Crippen molar-refractivity contribution >= 4 is 5.91 Å². The van der Waals surface area contributed by atoms with Gasteiger partial charge in [0.05, 0.1) is 11.7 Å². The molecular formula is C18H20N4O2. The molecule has 6 heteroatoms. The van der Waals surface area contributed by atoms with Gasteiger partial charge in [0.1, 0.15) is 11.8 Å². The zero-order valence-electron chi connectivity index (χ0n) is 13.5. The molecular weight excluding hydrogens is 304 g/mol. The summed E-state index contributed by atoms with van der Waals surface area (Å²) in [4.78, 5) is 16.9. The number of rotatable bonds is 5. The highest BCUT2D eigenvalue weighted by Gasteiger charge is 2.35. The highest BCUT2D eigenvalue weighted by Crippen LogP contribution is 2.31. The Bertz CT molecular complexity index is 757. The number of pyridine rings is 1. The first-order valence-electron chi connectivity index (χ1n) is 8.02. The normalized spacial score (nSPS) is 20.7. The van der Waals surface area contributed by atoms with Crippen LogP contribution >= 0.6 is 0 Å². The molecule has 1 atom stereocenters. The minimum atomic E-state index is -0.279. The van der Waals surface area contributed by atoms with Crippen LogP contribution in [0.25, 0.3) is 0 Å². The van der Waals surface area contributed by atoms with Crippen molar-refractivity contribution in [1.29, 1.82) is 5.26 Å². The minimum absolute atomic E-state index is 0.0868. The molecule has 2 heterocycles. The fourth-order valence-corrected chi connectivity index (χ4v) is 3.13. The third-order valence-electron chi connectivity index (χ3n) is 4.56. The van der Waals surface area contributed by atoms with Crippen molar-refractivity contribution in [3.05, 3.63) is 53.6 Å². The van der Waals surface area contributed by atoms with Gasteiger partial charge in [-0.2, -0.15) is 5.26 Å². The van der Waals surface area contributed by atoms with Gasteiger partial charge in [-0.25, -0.2) is 0 Å². The monoisotopic (exact) mass is 324 g/mol. The summed E-state index contributed by atoms with van der Waals surface area (Å²) in [6, 6.07) is 9.26. The standard InChI is InChI=1S/C18H20N4O2/c1-22-11-12(10-19)6-17(22)18(24)21-16(13-7-15(23)8-13)9-14-4-2-3-5-20-14/h2-6,11,13,15-16,23H,7-9H2,1H3,(H,21,24). The molecule has 2 aromatic rings. The van der Waals surface area contributed by atoms with Crippen molar-refractivity contribution < 1.29 is 9.90 Å². The Labute approximate surface area is 140 Å². The number of aromatic nitrogens is 2. The van der Waals surface area contributed by atoms with Crippen LogP contribution in [-0.4, -0.2) is 32.7 Å². The minimum Gasteiger partial charge on any atom is -0.393 e. The molecule has 0 spiro atoms. The number of nitriles is 1. The van der Waals surface area contributed by atoms with E-state index in [1.807, 2.05) is 24.3 Å². The lowest BCUT2D eigenvalue weighted by Gasteiger charge is -2.38. The lowest BCUT2D eigenvalue weighted by Crippen LogP contribution is -2.48. The SMILES string of the molecule is Cn1cc(C#N)cc1C(=O)NC(Cc1ccccn1)C1CC(O)C1. The number of aliphatic hydroxyl groups excluding tert-OH is 1. The molecule has 0 aromatic carbocycles. The summed E-state index contributed by atoms with van der Waals surface area (Å²) in [5.41, 5.74) is 1.83. The molecule has 0 radical (unpaired) electrons. The number of carbonyl (C=O) groups excluding carboxylic acids is 1. The van der Waals surface area contributed by atoms with Crippen LogP contribution in [0.2, 0.25) is 0 Å². The third kappa shape index (κ3) is 3.47. The van der Waals surface area contributed by atoms with Crippen molar-refractivity contribution in [3.63, 3.8) is 0 Å². The average molecular weight is 324 g/mol. The zero-order chi connectivity index (χ0) is 17.1. The average Bonchev–Trinajstić information content (AvgIpc) is 2.93. The molecule has 1 amide bonds. The van der Waals surface area contributed by atoms with Gasteiger partial charge in [0.2, 0.25) is 0 Å². The Morgan fingerprint density at radius 2 is 2.33 bits per heavy atom. The summed E-state index contributed by atoms with van der Waals surface area (Å²) in [7, 11) is 1.75. The first-order chi connectivity index (χ1) is 11.6.